The van der Waals surface area contributed by atoms with Crippen molar-refractivity contribution in [2.75, 3.05) is 38.7 Å². The molecule has 0 bridgehead atoms. The Bertz CT molecular complexity index is 708. The number of carbonyl (C=O) groups excluding carboxylic acids is 1. The summed E-state index contributed by atoms with van der Waals surface area (Å²) in [4.78, 5) is 28.7. The molecule has 2 aromatic heterocycles. The third kappa shape index (κ3) is 4.51. The number of aryl methyl sites for hydroxylation is 1. The Morgan fingerprint density at radius 2 is 2.08 bits per heavy atom. The molecular formula is C18H23N5O2. The molecule has 7 heteroatoms. The maximum Gasteiger partial charge on any atom is 0.291 e. The van der Waals surface area contributed by atoms with Crippen molar-refractivity contribution in [2.24, 2.45) is 0 Å². The molecule has 1 atom stereocenters. The van der Waals surface area contributed by atoms with E-state index in [9.17, 15) is 4.79 Å². The van der Waals surface area contributed by atoms with Crippen molar-refractivity contribution in [3.05, 3.63) is 48.2 Å². The number of ether oxygens (including phenoxy) is 1. The minimum atomic E-state index is -0.132. The number of morpholine rings is 1. The maximum absolute atomic E-state index is 12.5. The minimum absolute atomic E-state index is 0.0254. The van der Waals surface area contributed by atoms with Crippen LogP contribution in [0.5, 0.6) is 0 Å². The predicted octanol–water partition coefficient (Wildman–Crippen LogP) is 1.41. The zero-order valence-electron chi connectivity index (χ0n) is 14.6. The molecule has 3 rings (SSSR count). The molecular weight excluding hydrogens is 318 g/mol. The summed E-state index contributed by atoms with van der Waals surface area (Å²) in [5.74, 6) is 1.06. The first-order valence-electron chi connectivity index (χ1n) is 8.43. The predicted molar refractivity (Wildman–Crippen MR) is 94.6 cm³/mol. The van der Waals surface area contributed by atoms with Gasteiger partial charge in [-0.1, -0.05) is 0 Å². The molecule has 132 valence electrons. The second-order valence-electron chi connectivity index (χ2n) is 6.27. The first-order chi connectivity index (χ1) is 12.1. The fourth-order valence-corrected chi connectivity index (χ4v) is 2.82. The van der Waals surface area contributed by atoms with E-state index in [-0.39, 0.29) is 17.8 Å². The average Bonchev–Trinajstić information content (AvgIpc) is 2.67. The lowest BCUT2D eigenvalue weighted by molar-refractivity contribution is -0.0249. The number of hydrogen-bond donors (Lipinski definition) is 0. The SMILES string of the molecule is CN(C)c1cc(CC[C@@H]2CN(C(=O)c3ncccn3)CCO2)ccn1. The summed E-state index contributed by atoms with van der Waals surface area (Å²) < 4.78 is 5.83. The van der Waals surface area contributed by atoms with Gasteiger partial charge in [0.05, 0.1) is 12.7 Å². The standard InChI is InChI=1S/C18H23N5O2/c1-22(2)16-12-14(6-9-19-16)4-5-15-13-23(10-11-25-15)18(24)17-20-7-3-8-21-17/h3,6-9,12,15H,4-5,10-11,13H2,1-2H3/t15-/m1/s1. The summed E-state index contributed by atoms with van der Waals surface area (Å²) >= 11 is 0. The van der Waals surface area contributed by atoms with Gasteiger partial charge in [0.25, 0.3) is 5.91 Å². The normalized spacial score (nSPS) is 17.4. The van der Waals surface area contributed by atoms with Crippen molar-refractivity contribution < 1.29 is 9.53 Å². The van der Waals surface area contributed by atoms with Crippen molar-refractivity contribution in [2.45, 2.75) is 18.9 Å². The number of rotatable bonds is 5. The van der Waals surface area contributed by atoms with Crippen LogP contribution < -0.4 is 4.90 Å². The van der Waals surface area contributed by atoms with Crippen LogP contribution in [-0.4, -0.2) is 65.7 Å². The summed E-state index contributed by atoms with van der Waals surface area (Å²) in [6.45, 7) is 1.69. The Morgan fingerprint density at radius 1 is 1.28 bits per heavy atom. The molecule has 0 N–H and O–H groups in total. The fraction of sp³-hybridized carbons (Fsp3) is 0.444. The number of anilines is 1. The van der Waals surface area contributed by atoms with Gasteiger partial charge in [-0.2, -0.15) is 0 Å². The lowest BCUT2D eigenvalue weighted by Gasteiger charge is -2.32. The van der Waals surface area contributed by atoms with Gasteiger partial charge in [-0.15, -0.1) is 0 Å². The molecule has 0 aliphatic carbocycles. The van der Waals surface area contributed by atoms with Crippen LogP contribution in [0, 0.1) is 0 Å². The molecule has 1 aliphatic heterocycles. The lowest BCUT2D eigenvalue weighted by atomic mass is 10.1. The Labute approximate surface area is 147 Å². The Hall–Kier alpha value is -2.54. The molecule has 7 nitrogen and oxygen atoms in total. The van der Waals surface area contributed by atoms with Gasteiger partial charge in [-0.25, -0.2) is 15.0 Å². The smallest absolute Gasteiger partial charge is 0.291 e. The van der Waals surface area contributed by atoms with Crippen molar-refractivity contribution in [3.63, 3.8) is 0 Å². The third-order valence-corrected chi connectivity index (χ3v) is 4.21. The number of amides is 1. The molecule has 0 saturated carbocycles. The molecule has 1 amide bonds. The van der Waals surface area contributed by atoms with E-state index in [2.05, 4.69) is 21.0 Å². The van der Waals surface area contributed by atoms with E-state index < -0.39 is 0 Å². The van der Waals surface area contributed by atoms with Crippen LogP contribution in [0.15, 0.2) is 36.8 Å². The summed E-state index contributed by atoms with van der Waals surface area (Å²) in [6, 6.07) is 5.82. The van der Waals surface area contributed by atoms with Gasteiger partial charge in [0, 0.05) is 45.8 Å². The molecule has 3 heterocycles. The highest BCUT2D eigenvalue weighted by Crippen LogP contribution is 2.16. The van der Waals surface area contributed by atoms with Crippen molar-refractivity contribution >= 4 is 11.7 Å². The molecule has 25 heavy (non-hydrogen) atoms. The highest BCUT2D eigenvalue weighted by molar-refractivity contribution is 5.90. The van der Waals surface area contributed by atoms with E-state index in [4.69, 9.17) is 4.74 Å². The third-order valence-electron chi connectivity index (χ3n) is 4.21. The van der Waals surface area contributed by atoms with Gasteiger partial charge in [0.2, 0.25) is 5.82 Å². The molecule has 1 fully saturated rings. The van der Waals surface area contributed by atoms with Gasteiger partial charge in [0.15, 0.2) is 0 Å². The van der Waals surface area contributed by atoms with E-state index in [1.807, 2.05) is 31.3 Å². The maximum atomic E-state index is 12.5. The summed E-state index contributed by atoms with van der Waals surface area (Å²) in [7, 11) is 3.96. The van der Waals surface area contributed by atoms with Gasteiger partial charge in [0.1, 0.15) is 5.82 Å². The van der Waals surface area contributed by atoms with Gasteiger partial charge < -0.3 is 14.5 Å². The molecule has 0 radical (unpaired) electrons. The molecule has 0 unspecified atom stereocenters. The fourth-order valence-electron chi connectivity index (χ4n) is 2.82. The van der Waals surface area contributed by atoms with Crippen LogP contribution in [0.4, 0.5) is 5.82 Å². The number of nitrogens with zero attached hydrogens (tertiary/aromatic N) is 5. The largest absolute Gasteiger partial charge is 0.375 e. The van der Waals surface area contributed by atoms with Crippen LogP contribution in [0.2, 0.25) is 0 Å². The van der Waals surface area contributed by atoms with Crippen LogP contribution in [0.25, 0.3) is 0 Å². The molecule has 2 aromatic rings. The zero-order valence-corrected chi connectivity index (χ0v) is 14.6. The molecule has 0 aromatic carbocycles. The van der Waals surface area contributed by atoms with E-state index in [1.165, 1.54) is 5.56 Å². The molecule has 0 spiro atoms. The van der Waals surface area contributed by atoms with E-state index in [0.29, 0.717) is 19.7 Å². The number of hydrogen-bond acceptors (Lipinski definition) is 6. The van der Waals surface area contributed by atoms with Crippen LogP contribution in [0.3, 0.4) is 0 Å². The first-order valence-corrected chi connectivity index (χ1v) is 8.43. The number of pyridine rings is 1. The Balaban J connectivity index is 1.57. The van der Waals surface area contributed by atoms with Crippen LogP contribution in [-0.2, 0) is 11.2 Å². The number of carbonyl (C=O) groups is 1. The second-order valence-corrected chi connectivity index (χ2v) is 6.27. The van der Waals surface area contributed by atoms with Crippen LogP contribution >= 0.6 is 0 Å². The Morgan fingerprint density at radius 3 is 2.84 bits per heavy atom. The summed E-state index contributed by atoms with van der Waals surface area (Å²) in [5, 5.41) is 0. The van der Waals surface area contributed by atoms with Crippen LogP contribution in [0.1, 0.15) is 22.6 Å². The topological polar surface area (TPSA) is 71.5 Å². The lowest BCUT2D eigenvalue weighted by Crippen LogP contribution is -2.46. The first kappa shape index (κ1) is 17.3. The highest BCUT2D eigenvalue weighted by Gasteiger charge is 2.26. The highest BCUT2D eigenvalue weighted by atomic mass is 16.5. The Kier molecular flexibility index (Phi) is 5.55. The van der Waals surface area contributed by atoms with Crippen molar-refractivity contribution in [1.29, 1.82) is 0 Å². The zero-order chi connectivity index (χ0) is 17.6. The minimum Gasteiger partial charge on any atom is -0.375 e. The number of aromatic nitrogens is 3. The van der Waals surface area contributed by atoms with Crippen molar-refractivity contribution in [3.8, 4) is 0 Å². The molecule has 1 saturated heterocycles. The monoisotopic (exact) mass is 341 g/mol. The van der Waals surface area contributed by atoms with E-state index >= 15 is 0 Å². The van der Waals surface area contributed by atoms with Crippen molar-refractivity contribution in [1.82, 2.24) is 19.9 Å². The van der Waals surface area contributed by atoms with Gasteiger partial charge in [-0.3, -0.25) is 4.79 Å². The second kappa shape index (κ2) is 8.02. The quantitative estimate of drug-likeness (QED) is 0.819. The summed E-state index contributed by atoms with van der Waals surface area (Å²) in [6.07, 6.45) is 6.77. The molecule has 1 aliphatic rings. The van der Waals surface area contributed by atoms with E-state index in [1.54, 1.807) is 23.4 Å². The summed E-state index contributed by atoms with van der Waals surface area (Å²) in [5.41, 5.74) is 1.22. The van der Waals surface area contributed by atoms with E-state index in [0.717, 1.165) is 18.7 Å². The van der Waals surface area contributed by atoms with Gasteiger partial charge >= 0.3 is 0 Å². The average molecular weight is 341 g/mol. The van der Waals surface area contributed by atoms with Gasteiger partial charge in [-0.05, 0) is 36.6 Å².